The summed E-state index contributed by atoms with van der Waals surface area (Å²) in [4.78, 5) is 0. The first-order chi connectivity index (χ1) is 4.81. The van der Waals surface area contributed by atoms with Crippen molar-refractivity contribution in [2.24, 2.45) is 0 Å². The Hall–Kier alpha value is 0.843. The summed E-state index contributed by atoms with van der Waals surface area (Å²) in [6.07, 6.45) is 4.05. The Morgan fingerprint density at radius 1 is 1.00 bits per heavy atom. The maximum absolute atomic E-state index is 3.74. The second-order valence-electron chi connectivity index (χ2n) is 5.63. The van der Waals surface area contributed by atoms with Crippen LogP contribution in [0.4, 0.5) is 0 Å². The molecule has 0 aliphatic carbocycles. The van der Waals surface area contributed by atoms with Crippen molar-refractivity contribution < 1.29 is 19.1 Å². The molecule has 11 heavy (non-hydrogen) atoms. The third-order valence-electron chi connectivity index (χ3n) is 1.61. The topological polar surface area (TPSA) is 12.0 Å². The van der Waals surface area contributed by atoms with Crippen molar-refractivity contribution in [1.82, 2.24) is 3.26 Å². The Morgan fingerprint density at radius 2 is 1.55 bits per heavy atom. The van der Waals surface area contributed by atoms with Crippen LogP contribution in [-0.2, 0) is 19.1 Å². The first-order valence-electron chi connectivity index (χ1n) is 4.81. The molecule has 69 valence electrons. The molecule has 0 rings (SSSR count). The van der Waals surface area contributed by atoms with Crippen LogP contribution in [0.5, 0.6) is 0 Å². The zero-order valence-electron chi connectivity index (χ0n) is 8.83. The molecule has 0 aromatic rings. The average molecular weight is 238 g/mol. The molecule has 0 saturated carbocycles. The minimum atomic E-state index is -2.20. The van der Waals surface area contributed by atoms with E-state index in [-0.39, 0.29) is 0 Å². The normalized spacial score (nSPS) is 15.9. The summed E-state index contributed by atoms with van der Waals surface area (Å²) in [6.45, 7) is 3.49. The van der Waals surface area contributed by atoms with Crippen LogP contribution < -0.4 is 3.26 Å². The van der Waals surface area contributed by atoms with Gasteiger partial charge in [-0.15, -0.1) is 0 Å². The van der Waals surface area contributed by atoms with E-state index in [9.17, 15) is 0 Å². The van der Waals surface area contributed by atoms with E-state index in [1.54, 1.807) is 0 Å². The quantitative estimate of drug-likeness (QED) is 0.721. The molecule has 0 spiro atoms. The van der Waals surface area contributed by atoms with Crippen LogP contribution in [0.1, 0.15) is 26.2 Å². The van der Waals surface area contributed by atoms with Gasteiger partial charge in [-0.25, -0.2) is 0 Å². The van der Waals surface area contributed by atoms with Gasteiger partial charge in [0.25, 0.3) is 0 Å². The molecule has 1 nitrogen and oxygen atoms in total. The first kappa shape index (κ1) is 11.8. The van der Waals surface area contributed by atoms with Gasteiger partial charge in [0.2, 0.25) is 0 Å². The van der Waals surface area contributed by atoms with Gasteiger partial charge in [0, 0.05) is 0 Å². The van der Waals surface area contributed by atoms with Crippen molar-refractivity contribution in [2.75, 3.05) is 6.54 Å². The molecule has 0 fully saturated rings. The van der Waals surface area contributed by atoms with Gasteiger partial charge in [-0.3, -0.25) is 0 Å². The summed E-state index contributed by atoms with van der Waals surface area (Å²) in [7, 11) is 0. The molecule has 0 heterocycles. The maximum atomic E-state index is 3.74. The van der Waals surface area contributed by atoms with Crippen molar-refractivity contribution >= 4 is 0 Å². The Balaban J connectivity index is 3.40. The van der Waals surface area contributed by atoms with E-state index in [0.717, 1.165) is 0 Å². The standard InChI is InChI=1S/C5H12N.4CH3.Zr/c1-2-3-4-5-6;;;;;/h6H,2-5H2,1H3;4*1H3;/q-1;;;;;+1. The predicted molar refractivity (Wildman–Crippen MR) is 51.0 cm³/mol. The molecule has 0 unspecified atom stereocenters. The number of hydrogen-bond donors (Lipinski definition) is 1. The number of nitrogens with one attached hydrogen (secondary N) is 1. The average Bonchev–Trinajstić information content (AvgIpc) is 1.76. The molecule has 1 N–H and O–H groups in total. The summed E-state index contributed by atoms with van der Waals surface area (Å²) < 4.78 is 13.5. The van der Waals surface area contributed by atoms with Crippen molar-refractivity contribution in [3.8, 4) is 0 Å². The zero-order valence-corrected chi connectivity index (χ0v) is 11.3. The Kier molecular flexibility index (Phi) is 4.51. The SMILES string of the molecule is CCCCC[NH][Zr]([CH3])([CH3])([CH3])[CH3]. The molecule has 0 bridgehead atoms. The monoisotopic (exact) mass is 236 g/mol. The molecule has 0 aliphatic rings. The second-order valence-corrected chi connectivity index (χ2v) is 26.2. The Morgan fingerprint density at radius 3 is 1.91 bits per heavy atom. The van der Waals surface area contributed by atoms with E-state index >= 15 is 0 Å². The minimum absolute atomic E-state index is 1.24. The molecular formula is C9H24NZr. The Labute approximate surface area is 73.5 Å². The van der Waals surface area contributed by atoms with E-state index in [4.69, 9.17) is 0 Å². The van der Waals surface area contributed by atoms with Gasteiger partial charge in [-0.1, -0.05) is 0 Å². The molecule has 0 radical (unpaired) electrons. The summed E-state index contributed by atoms with van der Waals surface area (Å²) in [5.74, 6) is 0. The van der Waals surface area contributed by atoms with Crippen LogP contribution in [0, 0.1) is 0 Å². The number of unbranched alkanes of at least 4 members (excludes halogenated alkanes) is 2. The van der Waals surface area contributed by atoms with Gasteiger partial charge >= 0.3 is 73.6 Å². The van der Waals surface area contributed by atoms with Gasteiger partial charge < -0.3 is 0 Å². The fourth-order valence-electron chi connectivity index (χ4n) is 0.963. The fourth-order valence-corrected chi connectivity index (χ4v) is 3.86. The second kappa shape index (κ2) is 4.19. The van der Waals surface area contributed by atoms with E-state index in [1.807, 2.05) is 0 Å². The van der Waals surface area contributed by atoms with E-state index < -0.39 is 19.1 Å². The summed E-state index contributed by atoms with van der Waals surface area (Å²) >= 11 is -2.20. The predicted octanol–water partition coefficient (Wildman–Crippen LogP) is 3.56. The fraction of sp³-hybridized carbons (Fsp3) is 1.00. The van der Waals surface area contributed by atoms with Crippen molar-refractivity contribution in [2.45, 2.75) is 44.7 Å². The van der Waals surface area contributed by atoms with Gasteiger partial charge in [0.05, 0.1) is 0 Å². The van der Waals surface area contributed by atoms with Gasteiger partial charge in [-0.2, -0.15) is 0 Å². The van der Waals surface area contributed by atoms with Crippen LogP contribution in [0.2, 0.25) is 18.5 Å². The molecule has 0 aromatic heterocycles. The van der Waals surface area contributed by atoms with E-state index in [2.05, 4.69) is 28.7 Å². The van der Waals surface area contributed by atoms with E-state index in [1.165, 1.54) is 25.8 Å². The van der Waals surface area contributed by atoms with Crippen molar-refractivity contribution in [3.63, 3.8) is 0 Å². The number of rotatable bonds is 5. The summed E-state index contributed by atoms with van der Waals surface area (Å²) in [5, 5.41) is 0. The van der Waals surface area contributed by atoms with Gasteiger partial charge in [0.15, 0.2) is 0 Å². The van der Waals surface area contributed by atoms with Gasteiger partial charge in [-0.05, 0) is 0 Å². The molecule has 0 aliphatic heterocycles. The van der Waals surface area contributed by atoms with Crippen LogP contribution in [0.3, 0.4) is 0 Å². The van der Waals surface area contributed by atoms with Crippen LogP contribution >= 0.6 is 0 Å². The zero-order chi connectivity index (χ0) is 8.98. The van der Waals surface area contributed by atoms with Crippen LogP contribution in [-0.4, -0.2) is 6.54 Å². The van der Waals surface area contributed by atoms with Gasteiger partial charge in [0.1, 0.15) is 0 Å². The molecule has 0 amide bonds. The van der Waals surface area contributed by atoms with Crippen LogP contribution in [0.15, 0.2) is 0 Å². The summed E-state index contributed by atoms with van der Waals surface area (Å²) in [5.41, 5.74) is 0. The first-order valence-corrected chi connectivity index (χ1v) is 15.9. The Bertz CT molecular complexity index is 103. The molecule has 0 aromatic carbocycles. The van der Waals surface area contributed by atoms with E-state index in [0.29, 0.717) is 0 Å². The summed E-state index contributed by atoms with van der Waals surface area (Å²) in [6, 6.07) is 0. The molecule has 0 atom stereocenters. The molecule has 0 saturated heterocycles. The molecule has 2 heteroatoms. The third-order valence-corrected chi connectivity index (χ3v) is 5.70. The molecular weight excluding hydrogens is 213 g/mol. The van der Waals surface area contributed by atoms with Crippen LogP contribution in [0.25, 0.3) is 0 Å². The van der Waals surface area contributed by atoms with Crippen molar-refractivity contribution in [3.05, 3.63) is 0 Å². The van der Waals surface area contributed by atoms with Crippen molar-refractivity contribution in [1.29, 1.82) is 0 Å². The third kappa shape index (κ3) is 10.8. The number of hydrogen-bond acceptors (Lipinski definition) is 1.